The number of nitrogens with two attached hydrogens (primary N) is 2. The van der Waals surface area contributed by atoms with Gasteiger partial charge < -0.3 is 52.0 Å². The summed E-state index contributed by atoms with van der Waals surface area (Å²) in [7, 11) is 1.38. The van der Waals surface area contributed by atoms with Crippen LogP contribution in [-0.4, -0.2) is 106 Å². The van der Waals surface area contributed by atoms with Crippen molar-refractivity contribution in [3.05, 3.63) is 88.7 Å². The van der Waals surface area contributed by atoms with Crippen molar-refractivity contribution in [1.82, 2.24) is 30.8 Å². The first-order valence-corrected chi connectivity index (χ1v) is 20.7. The molecule has 1 aromatic heterocycles. The van der Waals surface area contributed by atoms with E-state index in [4.69, 9.17) is 20.9 Å². The summed E-state index contributed by atoms with van der Waals surface area (Å²) < 4.78 is 11.8. The summed E-state index contributed by atoms with van der Waals surface area (Å²) in [6, 6.07) is 11.3. The Morgan fingerprint density at radius 3 is 2.26 bits per heavy atom. The number of carbonyl (C=O) groups excluding carboxylic acids is 4. The van der Waals surface area contributed by atoms with Gasteiger partial charge in [0, 0.05) is 36.7 Å². The molecule has 1 aliphatic heterocycles. The van der Waals surface area contributed by atoms with Gasteiger partial charge in [0.25, 0.3) is 5.91 Å². The molecule has 0 radical (unpaired) electrons. The number of phenols is 1. The number of aromatic hydroxyl groups is 1. The molecule has 330 valence electrons. The predicted octanol–water partition coefficient (Wildman–Crippen LogP) is 3.32. The summed E-state index contributed by atoms with van der Waals surface area (Å²) in [6.45, 7) is 7.75. The van der Waals surface area contributed by atoms with Crippen LogP contribution in [0.15, 0.2) is 60.7 Å². The van der Waals surface area contributed by atoms with Crippen LogP contribution in [0.25, 0.3) is 22.5 Å². The number of fused-ring (bicyclic) bond motifs is 5. The van der Waals surface area contributed by atoms with E-state index in [2.05, 4.69) is 32.8 Å². The highest BCUT2D eigenvalue weighted by atomic mass is 16.5. The number of rotatable bonds is 16. The van der Waals surface area contributed by atoms with Crippen LogP contribution in [0.5, 0.6) is 17.2 Å². The minimum atomic E-state index is -1.43. The Hall–Kier alpha value is -6.59. The molecule has 0 spiro atoms. The van der Waals surface area contributed by atoms with Crippen molar-refractivity contribution in [3.8, 4) is 39.8 Å². The van der Waals surface area contributed by atoms with Gasteiger partial charge in [-0.15, -0.1) is 0 Å². The highest BCUT2D eigenvalue weighted by molar-refractivity contribution is 6.00. The summed E-state index contributed by atoms with van der Waals surface area (Å²) in [5.41, 5.74) is 14.6. The molecular formula is C45H56N8O9. The first-order valence-electron chi connectivity index (χ1n) is 20.7. The molecule has 17 heteroatoms. The number of hydrogen-bond donors (Lipinski definition) is 7. The molecule has 5 rings (SSSR count). The largest absolute Gasteiger partial charge is 0.507 e. The number of likely N-dealkylation sites (N-methyl/N-ethyl adjacent to an activating group) is 1. The van der Waals surface area contributed by atoms with Crippen LogP contribution in [0.1, 0.15) is 78.4 Å². The van der Waals surface area contributed by atoms with Crippen molar-refractivity contribution in [2.24, 2.45) is 11.5 Å². The van der Waals surface area contributed by atoms with Crippen LogP contribution in [-0.2, 0) is 25.6 Å². The lowest BCUT2D eigenvalue weighted by Crippen LogP contribution is -2.55. The summed E-state index contributed by atoms with van der Waals surface area (Å²) in [5, 5.41) is 29.0. The van der Waals surface area contributed by atoms with Crippen molar-refractivity contribution in [2.75, 3.05) is 33.4 Å². The molecule has 2 heterocycles. The highest BCUT2D eigenvalue weighted by Crippen LogP contribution is 2.39. The molecule has 0 unspecified atom stereocenters. The molecule has 3 aromatic carbocycles. The lowest BCUT2D eigenvalue weighted by molar-refractivity contribution is -0.143. The quantitative estimate of drug-likeness (QED) is 0.0800. The molecular weight excluding hydrogens is 797 g/mol. The molecule has 0 saturated carbocycles. The molecule has 0 fully saturated rings. The molecule has 1 aliphatic rings. The third kappa shape index (κ3) is 11.2. The number of phenolic OH excluding ortho intramolecular Hbond substituents is 1. The van der Waals surface area contributed by atoms with Crippen molar-refractivity contribution in [1.29, 1.82) is 0 Å². The number of nitrogens with one attached hydrogen (secondary N) is 3. The summed E-state index contributed by atoms with van der Waals surface area (Å²) in [4.78, 5) is 78.8. The average molecular weight is 853 g/mol. The van der Waals surface area contributed by atoms with E-state index in [9.17, 15) is 34.2 Å². The number of carbonyl (C=O) groups is 5. The minimum absolute atomic E-state index is 0.0119. The fourth-order valence-electron chi connectivity index (χ4n) is 7.23. The molecule has 4 bridgehead atoms. The maximum Gasteiger partial charge on any atom is 0.326 e. The van der Waals surface area contributed by atoms with E-state index in [0.717, 1.165) is 35.5 Å². The number of carboxylic acid groups (broad SMARTS) is 1. The molecule has 4 atom stereocenters. The number of unbranched alkanes of at least 4 members (excludes halogenated alkanes) is 2. The van der Waals surface area contributed by atoms with Gasteiger partial charge in [0.15, 0.2) is 5.82 Å². The van der Waals surface area contributed by atoms with E-state index in [1.165, 1.54) is 26.1 Å². The van der Waals surface area contributed by atoms with Crippen LogP contribution in [0, 0.1) is 13.8 Å². The van der Waals surface area contributed by atoms with Crippen molar-refractivity contribution < 1.29 is 43.7 Å². The molecule has 62 heavy (non-hydrogen) atoms. The molecule has 17 nitrogen and oxygen atoms in total. The normalized spacial score (nSPS) is 16.9. The van der Waals surface area contributed by atoms with Crippen molar-refractivity contribution >= 4 is 29.6 Å². The molecule has 4 aromatic rings. The van der Waals surface area contributed by atoms with Gasteiger partial charge in [0.05, 0.1) is 23.6 Å². The number of nitrogens with zero attached hydrogens (tertiary/aromatic N) is 3. The fourth-order valence-corrected chi connectivity index (χ4v) is 7.23. The SMILES string of the molecule is CCCCCOc1ccc(-c2nc(C)c(C(=O)N[C@@H](CCN)C(=O)N(C)[C@@H]3C(=O)N[C@@H](C)C(=O)N[C@H](C(=O)O)Cc4ccc(O)c(c4)-c4cc3ccc4OCCN)c(C)n2)cc1. The predicted molar refractivity (Wildman–Crippen MR) is 231 cm³/mol. The fraction of sp³-hybridized carbons (Fsp3) is 0.400. The Morgan fingerprint density at radius 2 is 1.61 bits per heavy atom. The van der Waals surface area contributed by atoms with Gasteiger partial charge >= 0.3 is 5.97 Å². The van der Waals surface area contributed by atoms with Crippen molar-refractivity contribution in [3.63, 3.8) is 0 Å². The topological polar surface area (TPSA) is 261 Å². The molecule has 0 saturated heterocycles. The maximum absolute atomic E-state index is 14.5. The van der Waals surface area contributed by atoms with Crippen molar-refractivity contribution in [2.45, 2.75) is 84.0 Å². The first-order chi connectivity index (χ1) is 29.7. The second kappa shape index (κ2) is 21.3. The van der Waals surface area contributed by atoms with Crippen LogP contribution in [0.4, 0.5) is 0 Å². The first kappa shape index (κ1) is 46.5. The van der Waals surface area contributed by atoms with E-state index >= 15 is 0 Å². The second-order valence-corrected chi connectivity index (χ2v) is 15.2. The van der Waals surface area contributed by atoms with Crippen LogP contribution in [0.2, 0.25) is 0 Å². The zero-order valence-corrected chi connectivity index (χ0v) is 35.7. The van der Waals surface area contributed by atoms with Gasteiger partial charge in [-0.3, -0.25) is 19.2 Å². The Balaban J connectivity index is 1.48. The van der Waals surface area contributed by atoms with Gasteiger partial charge in [-0.25, -0.2) is 14.8 Å². The number of aromatic nitrogens is 2. The van der Waals surface area contributed by atoms with E-state index < -0.39 is 53.8 Å². The van der Waals surface area contributed by atoms with E-state index in [1.54, 1.807) is 38.1 Å². The Morgan fingerprint density at radius 1 is 0.903 bits per heavy atom. The number of hydrogen-bond acceptors (Lipinski definition) is 12. The Kier molecular flexibility index (Phi) is 15.9. The van der Waals surface area contributed by atoms with Crippen LogP contribution in [0.3, 0.4) is 0 Å². The minimum Gasteiger partial charge on any atom is -0.507 e. The number of carboxylic acids is 1. The standard InChI is InChI=1S/C45H56N8O9/c1-6-7-8-20-61-31-13-10-29(11-14-31)40-48-25(2)38(26(3)49-40)42(56)51-34(17-18-46)44(58)53(5)39-30-12-16-37(62-21-19-47)33(24-30)32-22-28(9-15-36(32)54)23-35(45(59)60)52-41(55)27(4)50-43(39)57/h9-16,22,24,27,34-35,39,54H,6-8,17-21,23,46-47H2,1-5H3,(H,50,57)(H,51,56)(H,52,55)(H,59,60)/t27-,34-,35-,39-/m0/s1. The lowest BCUT2D eigenvalue weighted by atomic mass is 9.93. The van der Waals surface area contributed by atoms with Gasteiger partial charge in [0.2, 0.25) is 17.7 Å². The number of amides is 4. The van der Waals surface area contributed by atoms with Gasteiger partial charge in [-0.1, -0.05) is 31.9 Å². The third-order valence-electron chi connectivity index (χ3n) is 10.5. The van der Waals surface area contributed by atoms with Crippen LogP contribution >= 0.6 is 0 Å². The zero-order chi connectivity index (χ0) is 45.1. The monoisotopic (exact) mass is 852 g/mol. The highest BCUT2D eigenvalue weighted by Gasteiger charge is 2.36. The molecule has 9 N–H and O–H groups in total. The summed E-state index contributed by atoms with van der Waals surface area (Å²) in [5.74, 6) is -2.96. The number of ether oxygens (including phenoxy) is 2. The smallest absolute Gasteiger partial charge is 0.326 e. The summed E-state index contributed by atoms with van der Waals surface area (Å²) >= 11 is 0. The average Bonchev–Trinajstić information content (AvgIpc) is 3.24. The van der Waals surface area contributed by atoms with Crippen LogP contribution < -0.4 is 36.9 Å². The maximum atomic E-state index is 14.5. The number of aliphatic carboxylic acids is 1. The summed E-state index contributed by atoms with van der Waals surface area (Å²) in [6.07, 6.45) is 3.00. The van der Waals surface area contributed by atoms with Gasteiger partial charge in [-0.2, -0.15) is 0 Å². The number of benzene rings is 3. The van der Waals surface area contributed by atoms with Gasteiger partial charge in [0.1, 0.15) is 48.0 Å². The lowest BCUT2D eigenvalue weighted by Gasteiger charge is -2.32. The Labute approximate surface area is 360 Å². The molecule has 0 aliphatic carbocycles. The molecule has 4 amide bonds. The second-order valence-electron chi connectivity index (χ2n) is 15.2. The van der Waals surface area contributed by atoms with E-state index in [0.29, 0.717) is 40.7 Å². The zero-order valence-electron chi connectivity index (χ0n) is 35.7. The van der Waals surface area contributed by atoms with E-state index in [1.807, 2.05) is 24.3 Å². The van der Waals surface area contributed by atoms with Gasteiger partial charge in [-0.05, 0) is 99.8 Å². The third-order valence-corrected chi connectivity index (χ3v) is 10.5. The Bertz CT molecular complexity index is 2250. The number of aryl methyl sites for hydroxylation is 2. The van der Waals surface area contributed by atoms with E-state index in [-0.39, 0.29) is 55.0 Å².